The van der Waals surface area contributed by atoms with Crippen LogP contribution >= 0.6 is 11.6 Å². The van der Waals surface area contributed by atoms with Crippen molar-refractivity contribution in [1.29, 1.82) is 0 Å². The average molecular weight is 218 g/mol. The van der Waals surface area contributed by atoms with Crippen molar-refractivity contribution in [3.63, 3.8) is 0 Å². The minimum atomic E-state index is -0.431. The summed E-state index contributed by atoms with van der Waals surface area (Å²) in [6.07, 6.45) is 0.427. The van der Waals surface area contributed by atoms with E-state index in [4.69, 9.17) is 22.1 Å². The van der Waals surface area contributed by atoms with Crippen LogP contribution in [0.3, 0.4) is 0 Å². The Hall–Kier alpha value is -0.800. The molecule has 0 saturated heterocycles. The molecule has 0 amide bonds. The van der Waals surface area contributed by atoms with Gasteiger partial charge in [0.05, 0.1) is 12.1 Å². The quantitative estimate of drug-likeness (QED) is 0.843. The molecule has 0 spiro atoms. The number of methoxy groups -OCH3 is 1. The number of ether oxygens (including phenoxy) is 1. The molecule has 0 bridgehead atoms. The first-order valence-electron chi connectivity index (χ1n) is 4.33. The molecule has 0 aliphatic rings. The SMILES string of the molecule is COc1c(C)cc(Cl)c(F)c1CCN. The van der Waals surface area contributed by atoms with Crippen LogP contribution in [0.1, 0.15) is 11.1 Å². The van der Waals surface area contributed by atoms with E-state index < -0.39 is 5.82 Å². The second-order valence-corrected chi connectivity index (χ2v) is 3.45. The molecule has 2 N–H and O–H groups in total. The minimum absolute atomic E-state index is 0.117. The molecule has 1 aromatic rings. The lowest BCUT2D eigenvalue weighted by atomic mass is 10.1. The summed E-state index contributed by atoms with van der Waals surface area (Å²) >= 11 is 5.71. The maximum absolute atomic E-state index is 13.5. The molecule has 0 aliphatic carbocycles. The van der Waals surface area contributed by atoms with Crippen molar-refractivity contribution >= 4 is 11.6 Å². The standard InChI is InChI=1S/C10H13ClFNO/c1-6-5-8(11)9(12)7(3-4-13)10(6)14-2/h5H,3-4,13H2,1-2H3. The summed E-state index contributed by atoms with van der Waals surface area (Å²) in [5.74, 6) is 0.108. The fourth-order valence-corrected chi connectivity index (χ4v) is 1.73. The molecule has 0 unspecified atom stereocenters. The van der Waals surface area contributed by atoms with Crippen LogP contribution in [0.15, 0.2) is 6.07 Å². The molecular weight excluding hydrogens is 205 g/mol. The van der Waals surface area contributed by atoms with Gasteiger partial charge in [-0.3, -0.25) is 0 Å². The van der Waals surface area contributed by atoms with Crippen LogP contribution in [0.4, 0.5) is 4.39 Å². The highest BCUT2D eigenvalue weighted by atomic mass is 35.5. The summed E-state index contributed by atoms with van der Waals surface area (Å²) in [7, 11) is 1.51. The van der Waals surface area contributed by atoms with Crippen molar-refractivity contribution in [3.05, 3.63) is 28.0 Å². The van der Waals surface area contributed by atoms with Gasteiger partial charge in [-0.2, -0.15) is 0 Å². The van der Waals surface area contributed by atoms with E-state index >= 15 is 0 Å². The molecule has 0 atom stereocenters. The molecule has 0 radical (unpaired) electrons. The third-order valence-corrected chi connectivity index (χ3v) is 2.32. The van der Waals surface area contributed by atoms with E-state index in [1.54, 1.807) is 6.07 Å². The fourth-order valence-electron chi connectivity index (χ4n) is 1.45. The highest BCUT2D eigenvalue weighted by molar-refractivity contribution is 6.30. The van der Waals surface area contributed by atoms with Crippen LogP contribution in [0.25, 0.3) is 0 Å². The molecule has 0 aromatic heterocycles. The monoisotopic (exact) mass is 217 g/mol. The summed E-state index contributed by atoms with van der Waals surface area (Å²) < 4.78 is 18.7. The predicted molar refractivity (Wildman–Crippen MR) is 55.5 cm³/mol. The zero-order chi connectivity index (χ0) is 10.7. The van der Waals surface area contributed by atoms with Gasteiger partial charge >= 0.3 is 0 Å². The van der Waals surface area contributed by atoms with Gasteiger partial charge in [-0.25, -0.2) is 4.39 Å². The van der Waals surface area contributed by atoms with Gasteiger partial charge < -0.3 is 10.5 Å². The van der Waals surface area contributed by atoms with E-state index in [-0.39, 0.29) is 5.02 Å². The number of benzene rings is 1. The van der Waals surface area contributed by atoms with Gasteiger partial charge in [-0.1, -0.05) is 11.6 Å². The van der Waals surface area contributed by atoms with Gasteiger partial charge in [0.2, 0.25) is 0 Å². The van der Waals surface area contributed by atoms with Crippen molar-refractivity contribution in [2.75, 3.05) is 13.7 Å². The summed E-state index contributed by atoms with van der Waals surface area (Å²) in [6, 6.07) is 1.55. The average Bonchev–Trinajstić information content (AvgIpc) is 2.14. The van der Waals surface area contributed by atoms with Gasteiger partial charge in [0.15, 0.2) is 0 Å². The normalized spacial score (nSPS) is 10.4. The van der Waals surface area contributed by atoms with Crippen molar-refractivity contribution in [2.24, 2.45) is 5.73 Å². The highest BCUT2D eigenvalue weighted by Crippen LogP contribution is 2.31. The first kappa shape index (κ1) is 11.3. The molecule has 4 heteroatoms. The summed E-state index contributed by atoms with van der Waals surface area (Å²) in [5, 5.41) is 0.117. The zero-order valence-electron chi connectivity index (χ0n) is 8.23. The number of halogens is 2. The Morgan fingerprint density at radius 1 is 1.57 bits per heavy atom. The fraction of sp³-hybridized carbons (Fsp3) is 0.400. The lowest BCUT2D eigenvalue weighted by Gasteiger charge is -2.12. The van der Waals surface area contributed by atoms with E-state index in [0.29, 0.717) is 24.3 Å². The largest absolute Gasteiger partial charge is 0.496 e. The molecule has 1 aromatic carbocycles. The van der Waals surface area contributed by atoms with E-state index in [1.807, 2.05) is 6.92 Å². The number of hydrogen-bond acceptors (Lipinski definition) is 2. The number of aryl methyl sites for hydroxylation is 1. The Morgan fingerprint density at radius 3 is 2.71 bits per heavy atom. The number of nitrogens with two attached hydrogens (primary N) is 1. The van der Waals surface area contributed by atoms with E-state index in [2.05, 4.69) is 0 Å². The maximum Gasteiger partial charge on any atom is 0.148 e. The Balaban J connectivity index is 3.32. The van der Waals surface area contributed by atoms with Crippen molar-refractivity contribution in [1.82, 2.24) is 0 Å². The third-order valence-electron chi connectivity index (χ3n) is 2.05. The van der Waals surface area contributed by atoms with Crippen LogP contribution in [0, 0.1) is 12.7 Å². The second kappa shape index (κ2) is 4.62. The highest BCUT2D eigenvalue weighted by Gasteiger charge is 2.15. The lowest BCUT2D eigenvalue weighted by molar-refractivity contribution is 0.401. The Bertz CT molecular complexity index is 341. The first-order chi connectivity index (χ1) is 6.61. The van der Waals surface area contributed by atoms with Crippen molar-refractivity contribution in [3.8, 4) is 5.75 Å². The molecule has 0 aliphatic heterocycles. The van der Waals surface area contributed by atoms with Gasteiger partial charge in [0.1, 0.15) is 11.6 Å². The lowest BCUT2D eigenvalue weighted by Crippen LogP contribution is -2.07. The van der Waals surface area contributed by atoms with Crippen molar-refractivity contribution < 1.29 is 9.13 Å². The number of hydrogen-bond donors (Lipinski definition) is 1. The Kier molecular flexibility index (Phi) is 3.72. The molecule has 2 nitrogen and oxygen atoms in total. The van der Waals surface area contributed by atoms with E-state index in [0.717, 1.165) is 5.56 Å². The van der Waals surface area contributed by atoms with Crippen LogP contribution in [-0.4, -0.2) is 13.7 Å². The van der Waals surface area contributed by atoms with Crippen LogP contribution < -0.4 is 10.5 Å². The zero-order valence-corrected chi connectivity index (χ0v) is 8.99. The molecule has 0 saturated carbocycles. The molecule has 0 heterocycles. The topological polar surface area (TPSA) is 35.2 Å². The second-order valence-electron chi connectivity index (χ2n) is 3.04. The molecule has 1 rings (SSSR count). The third kappa shape index (κ3) is 1.99. The molecule has 0 fully saturated rings. The molecular formula is C10H13ClFNO. The minimum Gasteiger partial charge on any atom is -0.496 e. The molecule has 14 heavy (non-hydrogen) atoms. The first-order valence-corrected chi connectivity index (χ1v) is 4.71. The summed E-state index contributed by atoms with van der Waals surface area (Å²) in [4.78, 5) is 0. The van der Waals surface area contributed by atoms with Crippen LogP contribution in [-0.2, 0) is 6.42 Å². The molecule has 78 valence electrons. The van der Waals surface area contributed by atoms with E-state index in [9.17, 15) is 4.39 Å². The van der Waals surface area contributed by atoms with E-state index in [1.165, 1.54) is 7.11 Å². The van der Waals surface area contributed by atoms with Gasteiger partial charge in [0.25, 0.3) is 0 Å². The van der Waals surface area contributed by atoms with Crippen molar-refractivity contribution in [2.45, 2.75) is 13.3 Å². The maximum atomic E-state index is 13.5. The van der Waals surface area contributed by atoms with Gasteiger partial charge in [0, 0.05) is 5.56 Å². The Morgan fingerprint density at radius 2 is 2.21 bits per heavy atom. The van der Waals surface area contributed by atoms with Gasteiger partial charge in [-0.05, 0) is 31.5 Å². The number of rotatable bonds is 3. The summed E-state index contributed by atoms with van der Waals surface area (Å²) in [5.41, 5.74) is 6.67. The predicted octanol–water partition coefficient (Wildman–Crippen LogP) is 2.30. The Labute approximate surface area is 87.8 Å². The van der Waals surface area contributed by atoms with Crippen LogP contribution in [0.2, 0.25) is 5.02 Å². The summed E-state index contributed by atoms with van der Waals surface area (Å²) in [6.45, 7) is 2.19. The van der Waals surface area contributed by atoms with Crippen LogP contribution in [0.5, 0.6) is 5.75 Å². The smallest absolute Gasteiger partial charge is 0.148 e. The van der Waals surface area contributed by atoms with Gasteiger partial charge in [-0.15, -0.1) is 0 Å².